The zero-order valence-corrected chi connectivity index (χ0v) is 18.2. The summed E-state index contributed by atoms with van der Waals surface area (Å²) < 4.78 is 1.89. The maximum Gasteiger partial charge on any atom is 0.274 e. The van der Waals surface area contributed by atoms with E-state index in [0.717, 1.165) is 55.7 Å². The van der Waals surface area contributed by atoms with Crippen LogP contribution in [0.15, 0.2) is 24.3 Å². The molecule has 1 atom stereocenters. The first-order chi connectivity index (χ1) is 14.0. The number of nitrogens with zero attached hydrogens (tertiary/aromatic N) is 3. The molecule has 2 heterocycles. The van der Waals surface area contributed by atoms with Gasteiger partial charge in [-0.05, 0) is 70.3 Å². The maximum atomic E-state index is 12.7. The molecular formula is C21H29ClN6O2. The molecule has 0 bridgehead atoms. The highest BCUT2D eigenvalue weighted by Gasteiger charge is 2.29. The fourth-order valence-electron chi connectivity index (χ4n) is 3.74. The number of carbonyl (C=O) groups excluding carboxylic acids is 2. The molecule has 9 heteroatoms. The lowest BCUT2D eigenvalue weighted by Gasteiger charge is -2.23. The summed E-state index contributed by atoms with van der Waals surface area (Å²) in [4.78, 5) is 24.6. The smallest absolute Gasteiger partial charge is 0.274 e. The molecule has 1 aromatic heterocycles. The van der Waals surface area contributed by atoms with Gasteiger partial charge in [-0.2, -0.15) is 0 Å². The van der Waals surface area contributed by atoms with Crippen LogP contribution < -0.4 is 16.0 Å². The van der Waals surface area contributed by atoms with Gasteiger partial charge in [-0.1, -0.05) is 17.3 Å². The highest BCUT2D eigenvalue weighted by Crippen LogP contribution is 2.30. The van der Waals surface area contributed by atoms with E-state index in [0.29, 0.717) is 11.7 Å². The summed E-state index contributed by atoms with van der Waals surface area (Å²) in [6.45, 7) is 5.75. The van der Waals surface area contributed by atoms with Crippen molar-refractivity contribution >= 4 is 29.9 Å². The van der Waals surface area contributed by atoms with E-state index in [9.17, 15) is 9.59 Å². The Balaban J connectivity index is 0.00000256. The molecule has 2 fully saturated rings. The molecule has 3 N–H and O–H groups in total. The Morgan fingerprint density at radius 2 is 1.80 bits per heavy atom. The number of nitrogens with one attached hydrogen (secondary N) is 3. The summed E-state index contributed by atoms with van der Waals surface area (Å²) in [5, 5.41) is 17.6. The van der Waals surface area contributed by atoms with Crippen LogP contribution in [0.1, 0.15) is 66.4 Å². The largest absolute Gasteiger partial charge is 0.344 e. The molecule has 0 radical (unpaired) electrons. The van der Waals surface area contributed by atoms with E-state index in [1.807, 2.05) is 42.8 Å². The second-order valence-corrected chi connectivity index (χ2v) is 8.03. The lowest BCUT2D eigenvalue weighted by Crippen LogP contribution is -2.31. The summed E-state index contributed by atoms with van der Waals surface area (Å²) >= 11 is 0. The summed E-state index contributed by atoms with van der Waals surface area (Å²) in [7, 11) is 0. The lowest BCUT2D eigenvalue weighted by molar-refractivity contribution is -0.117. The molecule has 1 aliphatic carbocycles. The fraction of sp³-hybridized carbons (Fsp3) is 0.524. The van der Waals surface area contributed by atoms with Crippen LogP contribution in [0.25, 0.3) is 0 Å². The predicted octanol–water partition coefficient (Wildman–Crippen LogP) is 2.77. The van der Waals surface area contributed by atoms with Crippen molar-refractivity contribution in [3.63, 3.8) is 0 Å². The molecule has 8 nitrogen and oxygen atoms in total. The minimum absolute atomic E-state index is 0. The van der Waals surface area contributed by atoms with Crippen LogP contribution in [-0.4, -0.2) is 39.9 Å². The molecule has 1 unspecified atom stereocenters. The van der Waals surface area contributed by atoms with Gasteiger partial charge in [0.1, 0.15) is 0 Å². The van der Waals surface area contributed by atoms with Gasteiger partial charge in [0.15, 0.2) is 5.69 Å². The van der Waals surface area contributed by atoms with Gasteiger partial charge in [-0.3, -0.25) is 9.59 Å². The zero-order valence-electron chi connectivity index (χ0n) is 17.4. The summed E-state index contributed by atoms with van der Waals surface area (Å²) in [6.07, 6.45) is 3.94. The highest BCUT2D eigenvalue weighted by atomic mass is 35.5. The van der Waals surface area contributed by atoms with Crippen LogP contribution in [-0.2, 0) is 4.79 Å². The third kappa shape index (κ3) is 4.99. The van der Waals surface area contributed by atoms with E-state index in [2.05, 4.69) is 26.3 Å². The van der Waals surface area contributed by atoms with E-state index >= 15 is 0 Å². The predicted molar refractivity (Wildman–Crippen MR) is 117 cm³/mol. The Morgan fingerprint density at radius 3 is 2.43 bits per heavy atom. The minimum atomic E-state index is -0.221. The topological polar surface area (TPSA) is 101 Å². The molecule has 4 rings (SSSR count). The lowest BCUT2D eigenvalue weighted by atomic mass is 10.1. The molecule has 1 aliphatic heterocycles. The van der Waals surface area contributed by atoms with Crippen molar-refractivity contribution in [2.24, 2.45) is 5.92 Å². The van der Waals surface area contributed by atoms with Crippen LogP contribution in [0.2, 0.25) is 0 Å². The van der Waals surface area contributed by atoms with E-state index in [4.69, 9.17) is 0 Å². The molecule has 162 valence electrons. The Labute approximate surface area is 182 Å². The number of aromatic nitrogens is 3. The van der Waals surface area contributed by atoms with Gasteiger partial charge in [0.25, 0.3) is 5.91 Å². The minimum Gasteiger partial charge on any atom is -0.344 e. The van der Waals surface area contributed by atoms with Crippen LogP contribution in [0.5, 0.6) is 0 Å². The Kier molecular flexibility index (Phi) is 7.10. The average Bonchev–Trinajstić information content (AvgIpc) is 3.51. The number of anilines is 1. The Morgan fingerprint density at radius 1 is 1.13 bits per heavy atom. The van der Waals surface area contributed by atoms with Crippen molar-refractivity contribution in [1.29, 1.82) is 0 Å². The fourth-order valence-corrected chi connectivity index (χ4v) is 3.74. The molecular weight excluding hydrogens is 404 g/mol. The molecule has 2 aliphatic rings. The van der Waals surface area contributed by atoms with Gasteiger partial charge in [-0.25, -0.2) is 4.68 Å². The quantitative estimate of drug-likeness (QED) is 0.651. The molecule has 1 saturated carbocycles. The van der Waals surface area contributed by atoms with E-state index in [1.54, 1.807) is 0 Å². The second-order valence-electron chi connectivity index (χ2n) is 8.03. The zero-order chi connectivity index (χ0) is 20.4. The van der Waals surface area contributed by atoms with Gasteiger partial charge in [0.05, 0.1) is 17.8 Å². The molecule has 1 saturated heterocycles. The molecule has 1 aromatic carbocycles. The van der Waals surface area contributed by atoms with Crippen LogP contribution in [0, 0.1) is 12.8 Å². The number of amides is 2. The van der Waals surface area contributed by atoms with Crippen molar-refractivity contribution in [3.05, 3.63) is 41.2 Å². The Bertz CT molecular complexity index is 887. The van der Waals surface area contributed by atoms with Gasteiger partial charge < -0.3 is 16.0 Å². The molecule has 2 amide bonds. The van der Waals surface area contributed by atoms with Crippen molar-refractivity contribution in [2.75, 3.05) is 18.4 Å². The van der Waals surface area contributed by atoms with Crippen molar-refractivity contribution in [3.8, 4) is 0 Å². The van der Waals surface area contributed by atoms with Gasteiger partial charge >= 0.3 is 0 Å². The first kappa shape index (κ1) is 22.2. The van der Waals surface area contributed by atoms with Crippen molar-refractivity contribution in [1.82, 2.24) is 25.6 Å². The third-order valence-corrected chi connectivity index (χ3v) is 5.77. The molecule has 2 aromatic rings. The summed E-state index contributed by atoms with van der Waals surface area (Å²) in [5.41, 5.74) is 2.93. The van der Waals surface area contributed by atoms with E-state index in [-0.39, 0.29) is 36.2 Å². The molecule has 30 heavy (non-hydrogen) atoms. The number of halogens is 1. The van der Waals surface area contributed by atoms with Gasteiger partial charge in [-0.15, -0.1) is 17.5 Å². The van der Waals surface area contributed by atoms with Crippen LogP contribution in [0.3, 0.4) is 0 Å². The van der Waals surface area contributed by atoms with Crippen molar-refractivity contribution in [2.45, 2.75) is 51.6 Å². The van der Waals surface area contributed by atoms with E-state index in [1.165, 1.54) is 0 Å². The van der Waals surface area contributed by atoms with Crippen LogP contribution in [0.4, 0.5) is 5.69 Å². The van der Waals surface area contributed by atoms with Crippen molar-refractivity contribution < 1.29 is 9.59 Å². The standard InChI is InChI=1S/C21H28N6O2.ClH/c1-13(15-5-7-17(8-6-15)24-20(28)16-3-4-16)23-21(29)19-14(2)27(26-25-19)18-9-11-22-12-10-18;/h5-8,13,16,18,22H,3-4,9-12H2,1-2H3,(H,23,29)(H,24,28);1H. The molecule has 0 spiro atoms. The number of carbonyl (C=O) groups is 2. The second kappa shape index (κ2) is 9.57. The van der Waals surface area contributed by atoms with Gasteiger partial charge in [0.2, 0.25) is 5.91 Å². The van der Waals surface area contributed by atoms with Gasteiger partial charge in [0, 0.05) is 11.6 Å². The van der Waals surface area contributed by atoms with Crippen LogP contribution >= 0.6 is 12.4 Å². The summed E-state index contributed by atoms with van der Waals surface area (Å²) in [5.74, 6) is 0.0436. The summed E-state index contributed by atoms with van der Waals surface area (Å²) in [6, 6.07) is 7.70. The maximum absolute atomic E-state index is 12.7. The number of rotatable bonds is 6. The average molecular weight is 433 g/mol. The number of hydrogen-bond acceptors (Lipinski definition) is 5. The normalized spacial score (nSPS) is 17.7. The first-order valence-corrected chi connectivity index (χ1v) is 10.4. The number of piperidine rings is 1. The monoisotopic (exact) mass is 432 g/mol. The first-order valence-electron chi connectivity index (χ1n) is 10.4. The number of hydrogen-bond donors (Lipinski definition) is 3. The van der Waals surface area contributed by atoms with E-state index < -0.39 is 0 Å². The third-order valence-electron chi connectivity index (χ3n) is 5.77. The Hall–Kier alpha value is -2.45. The SMILES string of the molecule is Cc1c(C(=O)NC(C)c2ccc(NC(=O)C3CC3)cc2)nnn1C1CCNCC1.Cl. The highest BCUT2D eigenvalue weighted by molar-refractivity contribution is 5.94. The number of benzene rings is 1.